The van der Waals surface area contributed by atoms with Crippen LogP contribution in [0.25, 0.3) is 0 Å². The van der Waals surface area contributed by atoms with E-state index in [1.165, 1.54) is 0 Å². The molecule has 0 aromatic rings. The Bertz CT molecular complexity index is 738. The smallest absolute Gasteiger partial charge is 0.226 e. The van der Waals surface area contributed by atoms with Crippen molar-refractivity contribution in [2.24, 2.45) is 11.1 Å². The molecule has 2 atom stereocenters. The van der Waals surface area contributed by atoms with E-state index < -0.39 is 23.5 Å². The molecule has 4 heteroatoms. The molecule has 0 heterocycles. The van der Waals surface area contributed by atoms with Crippen LogP contribution in [0.3, 0.4) is 0 Å². The lowest BCUT2D eigenvalue weighted by atomic mass is 9.82. The van der Waals surface area contributed by atoms with Gasteiger partial charge in [0.25, 0.3) is 0 Å². The summed E-state index contributed by atoms with van der Waals surface area (Å²) in [6.07, 6.45) is 17.2. The van der Waals surface area contributed by atoms with E-state index in [-0.39, 0.29) is 0 Å². The fraction of sp³-hybridized carbons (Fsp3) is 0.375. The van der Waals surface area contributed by atoms with Crippen molar-refractivity contribution in [1.29, 1.82) is 0 Å². The van der Waals surface area contributed by atoms with Crippen molar-refractivity contribution < 1.29 is 15.0 Å². The maximum absolute atomic E-state index is 11.4. The van der Waals surface area contributed by atoms with Gasteiger partial charge in [0.2, 0.25) is 5.91 Å². The van der Waals surface area contributed by atoms with Crippen molar-refractivity contribution in [2.45, 2.75) is 53.2 Å². The normalized spacial score (nSPS) is 16.1. The molecular weight excluding hydrogens is 350 g/mol. The maximum Gasteiger partial charge on any atom is 0.226 e. The van der Waals surface area contributed by atoms with Crippen LogP contribution in [-0.2, 0) is 4.79 Å². The van der Waals surface area contributed by atoms with Gasteiger partial charge in [0.1, 0.15) is 0 Å². The van der Waals surface area contributed by atoms with Crippen molar-refractivity contribution in [3.8, 4) is 11.8 Å². The number of rotatable bonds is 10. The number of nitrogens with two attached hydrogens (primary N) is 1. The Labute approximate surface area is 169 Å². The SMILES string of the molecule is CC#C/C=C\C=C\CC(O)/C=C(C)/C=C/C=C\C=C(\C)C(O)C(C)(C)C(N)=O. The Morgan fingerprint density at radius 3 is 2.39 bits per heavy atom. The van der Waals surface area contributed by atoms with Gasteiger partial charge >= 0.3 is 0 Å². The minimum Gasteiger partial charge on any atom is -0.389 e. The maximum atomic E-state index is 11.4. The molecule has 0 radical (unpaired) electrons. The van der Waals surface area contributed by atoms with Gasteiger partial charge in [0.05, 0.1) is 17.6 Å². The topological polar surface area (TPSA) is 83.6 Å². The van der Waals surface area contributed by atoms with Crippen LogP contribution in [0.2, 0.25) is 0 Å². The van der Waals surface area contributed by atoms with Crippen LogP contribution in [-0.4, -0.2) is 28.3 Å². The highest BCUT2D eigenvalue weighted by atomic mass is 16.3. The number of hydrogen-bond acceptors (Lipinski definition) is 3. The summed E-state index contributed by atoms with van der Waals surface area (Å²) < 4.78 is 0. The van der Waals surface area contributed by atoms with Crippen LogP contribution in [0.5, 0.6) is 0 Å². The lowest BCUT2D eigenvalue weighted by Gasteiger charge is -2.27. The van der Waals surface area contributed by atoms with E-state index in [4.69, 9.17) is 5.73 Å². The number of hydrogen-bond donors (Lipinski definition) is 3. The molecule has 4 N–H and O–H groups in total. The first kappa shape index (κ1) is 25.4. The molecule has 0 aromatic carbocycles. The third kappa shape index (κ3) is 10.5. The standard InChI is InChI=1S/C24H33NO3/c1-6-7-8-9-10-14-17-21(26)18-19(2)15-12-11-13-16-20(3)22(27)24(4,5)23(25)28/h8-16,18,21-22,26-27H,17H2,1-5H3,(H2,25,28)/b9-8-,13-11-,14-10+,15-12+,19-18+,20-16-. The molecule has 0 saturated carbocycles. The van der Waals surface area contributed by atoms with Crippen LogP contribution >= 0.6 is 0 Å². The predicted octanol–water partition coefficient (Wildman–Crippen LogP) is 3.75. The molecule has 0 rings (SSSR count). The first-order valence-electron chi connectivity index (χ1n) is 9.22. The molecule has 0 aromatic heterocycles. The van der Waals surface area contributed by atoms with E-state index >= 15 is 0 Å². The van der Waals surface area contributed by atoms with E-state index in [0.29, 0.717) is 12.0 Å². The van der Waals surface area contributed by atoms with Crippen LogP contribution in [0.1, 0.15) is 41.0 Å². The molecule has 152 valence electrons. The molecule has 0 aliphatic carbocycles. The second-order valence-corrected chi connectivity index (χ2v) is 7.04. The van der Waals surface area contributed by atoms with Gasteiger partial charge in [-0.2, -0.15) is 0 Å². The Kier molecular flexibility index (Phi) is 12.3. The van der Waals surface area contributed by atoms with Gasteiger partial charge in [0.15, 0.2) is 0 Å². The zero-order valence-electron chi connectivity index (χ0n) is 17.5. The molecule has 4 nitrogen and oxygen atoms in total. The largest absolute Gasteiger partial charge is 0.389 e. The fourth-order valence-corrected chi connectivity index (χ4v) is 2.18. The molecule has 0 saturated heterocycles. The average Bonchev–Trinajstić information content (AvgIpc) is 2.63. The summed E-state index contributed by atoms with van der Waals surface area (Å²) >= 11 is 0. The van der Waals surface area contributed by atoms with E-state index in [1.54, 1.807) is 52.0 Å². The summed E-state index contributed by atoms with van der Waals surface area (Å²) in [7, 11) is 0. The highest BCUT2D eigenvalue weighted by Crippen LogP contribution is 2.25. The minimum atomic E-state index is -1.02. The number of amides is 1. The zero-order chi connectivity index (χ0) is 21.6. The number of aliphatic hydroxyl groups excluding tert-OH is 2. The number of carbonyl (C=O) groups is 1. The van der Waals surface area contributed by atoms with Crippen molar-refractivity contribution in [3.05, 3.63) is 71.9 Å². The monoisotopic (exact) mass is 383 g/mol. The van der Waals surface area contributed by atoms with Crippen LogP contribution < -0.4 is 5.73 Å². The second-order valence-electron chi connectivity index (χ2n) is 7.04. The Hall–Kier alpha value is -2.61. The van der Waals surface area contributed by atoms with Gasteiger partial charge in [-0.05, 0) is 52.7 Å². The molecule has 0 bridgehead atoms. The number of allylic oxidation sites excluding steroid dienone is 9. The van der Waals surface area contributed by atoms with Crippen molar-refractivity contribution in [3.63, 3.8) is 0 Å². The first-order valence-corrected chi connectivity index (χ1v) is 9.22. The van der Waals surface area contributed by atoms with Crippen LogP contribution in [0, 0.1) is 17.3 Å². The second kappa shape index (κ2) is 13.5. The Morgan fingerprint density at radius 2 is 1.79 bits per heavy atom. The average molecular weight is 384 g/mol. The molecule has 0 fully saturated rings. The van der Waals surface area contributed by atoms with E-state index in [9.17, 15) is 15.0 Å². The van der Waals surface area contributed by atoms with Gasteiger partial charge in [-0.3, -0.25) is 4.79 Å². The predicted molar refractivity (Wildman–Crippen MR) is 117 cm³/mol. The lowest BCUT2D eigenvalue weighted by molar-refractivity contribution is -0.130. The van der Waals surface area contributed by atoms with Gasteiger partial charge in [-0.25, -0.2) is 0 Å². The lowest BCUT2D eigenvalue weighted by Crippen LogP contribution is -2.42. The quantitative estimate of drug-likeness (QED) is 0.397. The van der Waals surface area contributed by atoms with Crippen molar-refractivity contribution in [2.75, 3.05) is 0 Å². The molecule has 28 heavy (non-hydrogen) atoms. The van der Waals surface area contributed by atoms with E-state index in [0.717, 1.165) is 5.57 Å². The van der Waals surface area contributed by atoms with Crippen molar-refractivity contribution >= 4 is 5.91 Å². The molecule has 1 amide bonds. The highest BCUT2D eigenvalue weighted by Gasteiger charge is 2.34. The summed E-state index contributed by atoms with van der Waals surface area (Å²) in [4.78, 5) is 11.4. The number of carbonyl (C=O) groups excluding carboxylic acids is 1. The fourth-order valence-electron chi connectivity index (χ4n) is 2.18. The molecular formula is C24H33NO3. The third-order valence-electron chi connectivity index (χ3n) is 4.09. The minimum absolute atomic E-state index is 0.528. The molecule has 0 spiro atoms. The van der Waals surface area contributed by atoms with Gasteiger partial charge in [-0.1, -0.05) is 66.2 Å². The summed E-state index contributed by atoms with van der Waals surface area (Å²) in [5.41, 5.74) is 5.89. The van der Waals surface area contributed by atoms with Crippen molar-refractivity contribution in [1.82, 2.24) is 0 Å². The summed E-state index contributed by atoms with van der Waals surface area (Å²) in [5.74, 6) is 5.04. The van der Waals surface area contributed by atoms with Gasteiger partial charge in [-0.15, -0.1) is 5.92 Å². The summed E-state index contributed by atoms with van der Waals surface area (Å²) in [5, 5.41) is 20.2. The van der Waals surface area contributed by atoms with Gasteiger partial charge < -0.3 is 15.9 Å². The van der Waals surface area contributed by atoms with Crippen LogP contribution in [0.4, 0.5) is 0 Å². The van der Waals surface area contributed by atoms with Crippen LogP contribution in [0.15, 0.2) is 71.9 Å². The Morgan fingerprint density at radius 1 is 1.11 bits per heavy atom. The number of aliphatic hydroxyl groups is 2. The third-order valence-corrected chi connectivity index (χ3v) is 4.09. The Balaban J connectivity index is 4.64. The summed E-state index contributed by atoms with van der Waals surface area (Å²) in [6.45, 7) is 8.67. The van der Waals surface area contributed by atoms with E-state index in [2.05, 4.69) is 11.8 Å². The first-order chi connectivity index (χ1) is 13.1. The molecule has 0 aliphatic heterocycles. The van der Waals surface area contributed by atoms with Gasteiger partial charge in [0, 0.05) is 0 Å². The zero-order valence-corrected chi connectivity index (χ0v) is 17.5. The molecule has 0 aliphatic rings. The summed E-state index contributed by atoms with van der Waals surface area (Å²) in [6, 6.07) is 0. The molecule has 2 unspecified atom stereocenters. The van der Waals surface area contributed by atoms with E-state index in [1.807, 2.05) is 43.4 Å². The highest BCUT2D eigenvalue weighted by molar-refractivity contribution is 5.81. The number of primary amides is 1.